The molecule has 0 aromatic heterocycles. The standard InChI is InChI=1S/C16H21FN2O2/c1-11(2)12(6-7-16(20)21)8-9-19-15-5-3-4-14(17)13(15)10-18/h3-5,11-12,19H,6-9H2,1-2H3,(H,20,21). The van der Waals surface area contributed by atoms with Crippen LogP contribution in [0.3, 0.4) is 0 Å². The van der Waals surface area contributed by atoms with E-state index in [4.69, 9.17) is 10.4 Å². The summed E-state index contributed by atoms with van der Waals surface area (Å²) in [5.74, 6) is -0.652. The largest absolute Gasteiger partial charge is 0.481 e. The number of carbonyl (C=O) groups is 1. The summed E-state index contributed by atoms with van der Waals surface area (Å²) in [4.78, 5) is 10.6. The third-order valence-electron chi connectivity index (χ3n) is 3.63. The van der Waals surface area contributed by atoms with Gasteiger partial charge in [-0.2, -0.15) is 5.26 Å². The first-order valence-corrected chi connectivity index (χ1v) is 7.10. The van der Waals surface area contributed by atoms with Gasteiger partial charge in [0.25, 0.3) is 0 Å². The van der Waals surface area contributed by atoms with Crippen LogP contribution in [0.4, 0.5) is 10.1 Å². The minimum Gasteiger partial charge on any atom is -0.481 e. The molecule has 114 valence electrons. The number of anilines is 1. The molecule has 0 fully saturated rings. The first-order chi connectivity index (χ1) is 9.95. The van der Waals surface area contributed by atoms with Crippen LogP contribution < -0.4 is 5.32 Å². The zero-order valence-corrected chi connectivity index (χ0v) is 12.4. The normalized spacial score (nSPS) is 12.0. The number of nitrogens with zero attached hydrogens (tertiary/aromatic N) is 1. The van der Waals surface area contributed by atoms with Crippen molar-refractivity contribution in [1.82, 2.24) is 0 Å². The molecule has 0 amide bonds. The van der Waals surface area contributed by atoms with Crippen LogP contribution in [0.5, 0.6) is 0 Å². The van der Waals surface area contributed by atoms with Crippen LogP contribution in [0, 0.1) is 29.0 Å². The molecule has 0 bridgehead atoms. The van der Waals surface area contributed by atoms with Gasteiger partial charge in [-0.05, 0) is 36.8 Å². The van der Waals surface area contributed by atoms with E-state index >= 15 is 0 Å². The van der Waals surface area contributed by atoms with Crippen molar-refractivity contribution in [2.24, 2.45) is 11.8 Å². The van der Waals surface area contributed by atoms with Gasteiger partial charge in [-0.15, -0.1) is 0 Å². The second kappa shape index (κ2) is 8.25. The van der Waals surface area contributed by atoms with Gasteiger partial charge in [-0.25, -0.2) is 4.39 Å². The Morgan fingerprint density at radius 3 is 2.71 bits per heavy atom. The maximum Gasteiger partial charge on any atom is 0.303 e. The van der Waals surface area contributed by atoms with Gasteiger partial charge in [0, 0.05) is 13.0 Å². The average molecular weight is 292 g/mol. The molecule has 5 heteroatoms. The fourth-order valence-corrected chi connectivity index (χ4v) is 2.30. The van der Waals surface area contributed by atoms with Crippen molar-refractivity contribution in [3.63, 3.8) is 0 Å². The van der Waals surface area contributed by atoms with E-state index in [-0.39, 0.29) is 17.9 Å². The Morgan fingerprint density at radius 2 is 2.14 bits per heavy atom. The highest BCUT2D eigenvalue weighted by Crippen LogP contribution is 2.22. The highest BCUT2D eigenvalue weighted by molar-refractivity contribution is 5.66. The molecule has 0 heterocycles. The van der Waals surface area contributed by atoms with Crippen LogP contribution in [0.2, 0.25) is 0 Å². The van der Waals surface area contributed by atoms with Crippen molar-refractivity contribution in [1.29, 1.82) is 5.26 Å². The van der Waals surface area contributed by atoms with Crippen LogP contribution in [0.15, 0.2) is 18.2 Å². The van der Waals surface area contributed by atoms with Gasteiger partial charge >= 0.3 is 5.97 Å². The summed E-state index contributed by atoms with van der Waals surface area (Å²) >= 11 is 0. The molecule has 1 rings (SSSR count). The molecule has 0 saturated heterocycles. The lowest BCUT2D eigenvalue weighted by Gasteiger charge is -2.20. The number of aliphatic carboxylic acids is 1. The highest BCUT2D eigenvalue weighted by atomic mass is 19.1. The van der Waals surface area contributed by atoms with E-state index < -0.39 is 11.8 Å². The van der Waals surface area contributed by atoms with Crippen LogP contribution in [-0.2, 0) is 4.79 Å². The molecule has 4 nitrogen and oxygen atoms in total. The van der Waals surface area contributed by atoms with Crippen molar-refractivity contribution >= 4 is 11.7 Å². The zero-order valence-electron chi connectivity index (χ0n) is 12.4. The van der Waals surface area contributed by atoms with Crippen molar-refractivity contribution < 1.29 is 14.3 Å². The number of carboxylic acids is 1. The molecule has 1 aromatic carbocycles. The molecule has 0 radical (unpaired) electrons. The minimum atomic E-state index is -0.787. The van der Waals surface area contributed by atoms with Gasteiger partial charge in [-0.3, -0.25) is 4.79 Å². The fourth-order valence-electron chi connectivity index (χ4n) is 2.30. The monoisotopic (exact) mass is 292 g/mol. The van der Waals surface area contributed by atoms with Crippen molar-refractivity contribution in [3.05, 3.63) is 29.6 Å². The number of benzene rings is 1. The molecule has 1 aromatic rings. The van der Waals surface area contributed by atoms with E-state index in [2.05, 4.69) is 19.2 Å². The van der Waals surface area contributed by atoms with E-state index in [1.165, 1.54) is 6.07 Å². The zero-order chi connectivity index (χ0) is 15.8. The minimum absolute atomic E-state index is 0.0177. The summed E-state index contributed by atoms with van der Waals surface area (Å²) < 4.78 is 13.4. The molecule has 0 aliphatic carbocycles. The molecule has 0 aliphatic heterocycles. The molecule has 21 heavy (non-hydrogen) atoms. The fraction of sp³-hybridized carbons (Fsp3) is 0.500. The van der Waals surface area contributed by atoms with Gasteiger partial charge in [0.05, 0.1) is 5.69 Å². The smallest absolute Gasteiger partial charge is 0.303 e. The summed E-state index contributed by atoms with van der Waals surface area (Å²) in [6.45, 7) is 4.71. The molecule has 2 N–H and O–H groups in total. The predicted molar refractivity (Wildman–Crippen MR) is 79.4 cm³/mol. The lowest BCUT2D eigenvalue weighted by molar-refractivity contribution is -0.137. The average Bonchev–Trinajstić information content (AvgIpc) is 2.42. The maximum absolute atomic E-state index is 13.4. The quantitative estimate of drug-likeness (QED) is 0.767. The summed E-state index contributed by atoms with van der Waals surface area (Å²) in [5.41, 5.74) is 0.502. The molecule has 0 saturated carbocycles. The topological polar surface area (TPSA) is 73.1 Å². The van der Waals surface area contributed by atoms with E-state index in [1.54, 1.807) is 12.1 Å². The molecule has 0 spiro atoms. The Balaban J connectivity index is 2.57. The first-order valence-electron chi connectivity index (χ1n) is 7.10. The molecule has 1 atom stereocenters. The van der Waals surface area contributed by atoms with E-state index in [1.807, 2.05) is 6.07 Å². The van der Waals surface area contributed by atoms with E-state index in [0.29, 0.717) is 24.6 Å². The van der Waals surface area contributed by atoms with E-state index in [0.717, 1.165) is 6.42 Å². The maximum atomic E-state index is 13.4. The second-order valence-corrected chi connectivity index (χ2v) is 5.43. The third-order valence-corrected chi connectivity index (χ3v) is 3.63. The first kappa shape index (κ1) is 17.0. The Bertz CT molecular complexity index is 523. The Kier molecular flexibility index (Phi) is 6.67. The summed E-state index contributed by atoms with van der Waals surface area (Å²) in [6, 6.07) is 6.34. The number of carboxylic acid groups (broad SMARTS) is 1. The number of rotatable bonds is 8. The van der Waals surface area contributed by atoms with Crippen LogP contribution in [-0.4, -0.2) is 17.6 Å². The van der Waals surface area contributed by atoms with Crippen molar-refractivity contribution in [2.75, 3.05) is 11.9 Å². The van der Waals surface area contributed by atoms with Crippen molar-refractivity contribution in [3.8, 4) is 6.07 Å². The Hall–Kier alpha value is -2.09. The SMILES string of the molecule is CC(C)C(CCNc1cccc(F)c1C#N)CCC(=O)O. The van der Waals surface area contributed by atoms with Gasteiger partial charge in [0.15, 0.2) is 0 Å². The van der Waals surface area contributed by atoms with Crippen molar-refractivity contribution in [2.45, 2.75) is 33.1 Å². The third kappa shape index (κ3) is 5.42. The number of nitrogens with one attached hydrogen (secondary N) is 1. The van der Waals surface area contributed by atoms with E-state index in [9.17, 15) is 9.18 Å². The molecular formula is C16H21FN2O2. The second-order valence-electron chi connectivity index (χ2n) is 5.43. The number of hydrogen-bond donors (Lipinski definition) is 2. The summed E-state index contributed by atoms with van der Waals surface area (Å²) in [5, 5.41) is 20.8. The number of nitriles is 1. The number of halogens is 1. The molecule has 0 aliphatic rings. The Labute approximate surface area is 124 Å². The summed E-state index contributed by atoms with van der Waals surface area (Å²) in [7, 11) is 0. The van der Waals surface area contributed by atoms with Crippen LogP contribution in [0.25, 0.3) is 0 Å². The van der Waals surface area contributed by atoms with Gasteiger partial charge in [0.2, 0.25) is 0 Å². The predicted octanol–water partition coefficient (Wildman–Crippen LogP) is 3.64. The van der Waals surface area contributed by atoms with Gasteiger partial charge < -0.3 is 10.4 Å². The van der Waals surface area contributed by atoms with Crippen LogP contribution in [0.1, 0.15) is 38.7 Å². The Morgan fingerprint density at radius 1 is 1.43 bits per heavy atom. The summed E-state index contributed by atoms with van der Waals surface area (Å²) in [6.07, 6.45) is 1.57. The van der Waals surface area contributed by atoms with Gasteiger partial charge in [-0.1, -0.05) is 19.9 Å². The molecular weight excluding hydrogens is 271 g/mol. The van der Waals surface area contributed by atoms with Crippen LogP contribution >= 0.6 is 0 Å². The lowest BCUT2D eigenvalue weighted by Crippen LogP contribution is -2.16. The lowest BCUT2D eigenvalue weighted by atomic mass is 9.88. The molecule has 1 unspecified atom stereocenters. The van der Waals surface area contributed by atoms with Gasteiger partial charge in [0.1, 0.15) is 17.4 Å². The number of hydrogen-bond acceptors (Lipinski definition) is 3. The highest BCUT2D eigenvalue weighted by Gasteiger charge is 2.15.